The lowest BCUT2D eigenvalue weighted by Crippen LogP contribution is -2.33. The monoisotopic (exact) mass is 382 g/mol. The molecule has 5 nitrogen and oxygen atoms in total. The van der Waals surface area contributed by atoms with Gasteiger partial charge in [0.1, 0.15) is 10.7 Å². The van der Waals surface area contributed by atoms with Crippen molar-refractivity contribution in [3.8, 4) is 0 Å². The second-order valence-electron chi connectivity index (χ2n) is 5.82. The summed E-state index contributed by atoms with van der Waals surface area (Å²) < 4.78 is 74.4. The minimum absolute atomic E-state index is 0.0423. The molecule has 0 aliphatic heterocycles. The number of benzene rings is 1. The Labute approximate surface area is 142 Å². The number of hydrogen-bond acceptors (Lipinski definition) is 4. The van der Waals surface area contributed by atoms with Crippen LogP contribution in [0.1, 0.15) is 32.1 Å². The number of carbonyl (C=O) groups is 1. The van der Waals surface area contributed by atoms with E-state index >= 15 is 0 Å². The number of anilines is 1. The van der Waals surface area contributed by atoms with Gasteiger partial charge in [0.15, 0.2) is 0 Å². The normalized spacial score (nSPS) is 16.0. The van der Waals surface area contributed by atoms with E-state index in [0.717, 1.165) is 37.8 Å². The molecule has 1 aliphatic rings. The predicted octanol–water partition coefficient (Wildman–Crippen LogP) is 2.98. The zero-order valence-corrected chi connectivity index (χ0v) is 14.0. The van der Waals surface area contributed by atoms with Crippen LogP contribution in [0.15, 0.2) is 23.1 Å². The van der Waals surface area contributed by atoms with Gasteiger partial charge in [-0.1, -0.05) is 12.8 Å². The molecule has 0 spiro atoms. The molecule has 0 radical (unpaired) electrons. The van der Waals surface area contributed by atoms with E-state index in [2.05, 4.69) is 10.6 Å². The summed E-state index contributed by atoms with van der Waals surface area (Å²) in [5, 5.41) is 5.27. The van der Waals surface area contributed by atoms with Gasteiger partial charge in [0, 0.05) is 19.0 Å². The van der Waals surface area contributed by atoms with E-state index in [4.69, 9.17) is 0 Å². The molecule has 1 aliphatic carbocycles. The Morgan fingerprint density at radius 3 is 2.44 bits per heavy atom. The van der Waals surface area contributed by atoms with E-state index in [1.165, 1.54) is 0 Å². The maximum atomic E-state index is 13.2. The van der Waals surface area contributed by atoms with Crippen LogP contribution in [0.25, 0.3) is 0 Å². The molecule has 1 amide bonds. The first-order valence-electron chi connectivity index (χ1n) is 7.75. The predicted molar refractivity (Wildman–Crippen MR) is 83.1 cm³/mol. The summed E-state index contributed by atoms with van der Waals surface area (Å²) >= 11 is 0. The average Bonchev–Trinajstić information content (AvgIpc) is 3.00. The molecule has 0 saturated heterocycles. The Hall–Kier alpha value is -1.84. The van der Waals surface area contributed by atoms with Crippen molar-refractivity contribution in [2.45, 2.75) is 48.5 Å². The van der Waals surface area contributed by atoms with Gasteiger partial charge in [0.05, 0.1) is 5.69 Å². The Morgan fingerprint density at radius 1 is 1.20 bits per heavy atom. The fourth-order valence-corrected chi connectivity index (χ4v) is 3.62. The van der Waals surface area contributed by atoms with Gasteiger partial charge in [-0.05, 0) is 31.0 Å². The van der Waals surface area contributed by atoms with Crippen LogP contribution in [0.3, 0.4) is 0 Å². The number of carbonyl (C=O) groups excluding carboxylic acids is 1. The molecule has 0 aromatic heterocycles. The van der Waals surface area contributed by atoms with Gasteiger partial charge in [0.2, 0.25) is 5.91 Å². The van der Waals surface area contributed by atoms with E-state index in [9.17, 15) is 30.8 Å². The van der Waals surface area contributed by atoms with Gasteiger partial charge >= 0.3 is 5.51 Å². The lowest BCUT2D eigenvalue weighted by molar-refractivity contribution is -0.121. The third-order valence-electron chi connectivity index (χ3n) is 3.93. The minimum Gasteiger partial charge on any atom is -0.383 e. The minimum atomic E-state index is -5.70. The van der Waals surface area contributed by atoms with Gasteiger partial charge in [-0.3, -0.25) is 4.79 Å². The van der Waals surface area contributed by atoms with Crippen molar-refractivity contribution in [2.24, 2.45) is 0 Å². The largest absolute Gasteiger partial charge is 0.501 e. The highest BCUT2D eigenvalue weighted by Gasteiger charge is 2.48. The molecule has 0 unspecified atom stereocenters. The summed E-state index contributed by atoms with van der Waals surface area (Å²) in [5.74, 6) is -1.38. The van der Waals surface area contributed by atoms with Crippen LogP contribution in [-0.2, 0) is 14.6 Å². The molecule has 0 atom stereocenters. The average molecular weight is 382 g/mol. The lowest BCUT2D eigenvalue weighted by Gasteiger charge is -2.15. The maximum Gasteiger partial charge on any atom is 0.501 e. The standard InChI is InChI=1S/C15H18F4N2O3S/c16-10-5-6-12(13(9-10)25(23,24)15(17,18)19)20-8-7-14(22)21-11-3-1-2-4-11/h5-6,9,11,20H,1-4,7-8H2,(H,21,22). The van der Waals surface area contributed by atoms with Crippen molar-refractivity contribution < 1.29 is 30.8 Å². The van der Waals surface area contributed by atoms with Crippen LogP contribution < -0.4 is 10.6 Å². The summed E-state index contributed by atoms with van der Waals surface area (Å²) in [5.41, 5.74) is -5.94. The van der Waals surface area contributed by atoms with E-state index in [1.807, 2.05) is 0 Å². The third kappa shape index (κ3) is 4.83. The lowest BCUT2D eigenvalue weighted by atomic mass is 10.2. The van der Waals surface area contributed by atoms with E-state index in [1.54, 1.807) is 0 Å². The molecule has 1 aromatic rings. The molecular weight excluding hydrogens is 364 g/mol. The highest BCUT2D eigenvalue weighted by Crippen LogP contribution is 2.34. The Kier molecular flexibility index (Phi) is 5.91. The Balaban J connectivity index is 2.03. The molecule has 0 heterocycles. The van der Waals surface area contributed by atoms with E-state index in [0.29, 0.717) is 6.07 Å². The number of sulfone groups is 1. The second kappa shape index (κ2) is 7.59. The fourth-order valence-electron chi connectivity index (χ4n) is 2.67. The van der Waals surface area contributed by atoms with Gasteiger partial charge < -0.3 is 10.6 Å². The topological polar surface area (TPSA) is 75.3 Å². The van der Waals surface area contributed by atoms with Crippen molar-refractivity contribution >= 4 is 21.4 Å². The summed E-state index contributed by atoms with van der Waals surface area (Å²) in [6.07, 6.45) is 3.82. The van der Waals surface area contributed by atoms with Crippen LogP contribution >= 0.6 is 0 Å². The van der Waals surface area contributed by atoms with Crippen LogP contribution in [0.2, 0.25) is 0 Å². The van der Waals surface area contributed by atoms with Gasteiger partial charge in [-0.25, -0.2) is 12.8 Å². The molecule has 1 aromatic carbocycles. The van der Waals surface area contributed by atoms with Crippen molar-refractivity contribution in [2.75, 3.05) is 11.9 Å². The fraction of sp³-hybridized carbons (Fsp3) is 0.533. The van der Waals surface area contributed by atoms with Crippen LogP contribution in [0, 0.1) is 5.82 Å². The number of nitrogens with one attached hydrogen (secondary N) is 2. The molecular formula is C15H18F4N2O3S. The molecule has 140 valence electrons. The molecule has 1 fully saturated rings. The highest BCUT2D eigenvalue weighted by atomic mass is 32.2. The van der Waals surface area contributed by atoms with Crippen LogP contribution in [0.5, 0.6) is 0 Å². The molecule has 2 N–H and O–H groups in total. The van der Waals surface area contributed by atoms with Crippen molar-refractivity contribution in [3.63, 3.8) is 0 Å². The SMILES string of the molecule is O=C(CCNc1ccc(F)cc1S(=O)(=O)C(F)(F)F)NC1CCCC1. The summed E-state index contributed by atoms with van der Waals surface area (Å²) in [6.45, 7) is -0.0788. The summed E-state index contributed by atoms with van der Waals surface area (Å²) in [6, 6.07) is 2.17. The van der Waals surface area contributed by atoms with Crippen LogP contribution in [-0.4, -0.2) is 32.4 Å². The number of rotatable bonds is 6. The molecule has 0 bridgehead atoms. The van der Waals surface area contributed by atoms with Gasteiger partial charge in [-0.15, -0.1) is 0 Å². The first kappa shape index (κ1) is 19.5. The molecule has 25 heavy (non-hydrogen) atoms. The van der Waals surface area contributed by atoms with Crippen molar-refractivity contribution in [3.05, 3.63) is 24.0 Å². The second-order valence-corrected chi connectivity index (χ2v) is 7.72. The first-order chi connectivity index (χ1) is 11.6. The molecule has 2 rings (SSSR count). The first-order valence-corrected chi connectivity index (χ1v) is 9.24. The number of hydrogen-bond donors (Lipinski definition) is 2. The number of amides is 1. The number of alkyl halides is 3. The summed E-state index contributed by atoms with van der Waals surface area (Å²) in [4.78, 5) is 10.6. The Morgan fingerprint density at radius 2 is 1.84 bits per heavy atom. The number of halogens is 4. The Bertz CT molecular complexity index is 729. The van der Waals surface area contributed by atoms with Gasteiger partial charge in [0.25, 0.3) is 9.84 Å². The molecule has 10 heteroatoms. The highest BCUT2D eigenvalue weighted by molar-refractivity contribution is 7.92. The smallest absolute Gasteiger partial charge is 0.383 e. The zero-order chi connectivity index (χ0) is 18.7. The maximum absolute atomic E-state index is 13.2. The van der Waals surface area contributed by atoms with E-state index in [-0.39, 0.29) is 24.9 Å². The summed E-state index contributed by atoms with van der Waals surface area (Å²) in [7, 11) is -5.70. The van der Waals surface area contributed by atoms with Crippen molar-refractivity contribution in [1.82, 2.24) is 5.32 Å². The third-order valence-corrected chi connectivity index (χ3v) is 5.45. The van der Waals surface area contributed by atoms with Gasteiger partial charge in [-0.2, -0.15) is 13.2 Å². The van der Waals surface area contributed by atoms with E-state index < -0.39 is 31.7 Å². The van der Waals surface area contributed by atoms with Crippen molar-refractivity contribution in [1.29, 1.82) is 0 Å². The van der Waals surface area contributed by atoms with Crippen LogP contribution in [0.4, 0.5) is 23.2 Å². The molecule has 1 saturated carbocycles. The quantitative estimate of drug-likeness (QED) is 0.742. The zero-order valence-electron chi connectivity index (χ0n) is 13.2.